The molecule has 1 aromatic carbocycles. The molecular weight excluding hydrogens is 204 g/mol. The Kier molecular flexibility index (Phi) is 3.91. The Labute approximate surface area is 106 Å². The first-order valence-corrected chi connectivity index (χ1v) is 7.24. The highest BCUT2D eigenvalue weighted by Crippen LogP contribution is 2.40. The van der Waals surface area contributed by atoms with Crippen molar-refractivity contribution in [2.75, 3.05) is 0 Å². The van der Waals surface area contributed by atoms with Crippen LogP contribution in [-0.4, -0.2) is 0 Å². The molecule has 0 aromatic heterocycles. The van der Waals surface area contributed by atoms with Gasteiger partial charge in [-0.15, -0.1) is 0 Å². The van der Waals surface area contributed by atoms with Crippen molar-refractivity contribution in [2.45, 2.75) is 64.7 Å². The molecule has 0 N–H and O–H groups in total. The Hall–Kier alpha value is -0.780. The summed E-state index contributed by atoms with van der Waals surface area (Å²) in [6.07, 6.45) is 8.30. The van der Waals surface area contributed by atoms with Crippen LogP contribution in [0.15, 0.2) is 24.3 Å². The van der Waals surface area contributed by atoms with Crippen molar-refractivity contribution in [3.8, 4) is 0 Å². The molecular formula is C17H26. The summed E-state index contributed by atoms with van der Waals surface area (Å²) in [5, 5.41) is 0. The van der Waals surface area contributed by atoms with E-state index in [0.717, 1.165) is 12.3 Å². The van der Waals surface area contributed by atoms with Gasteiger partial charge in [0.2, 0.25) is 0 Å². The van der Waals surface area contributed by atoms with Crippen LogP contribution < -0.4 is 0 Å². The van der Waals surface area contributed by atoms with Crippen molar-refractivity contribution in [3.05, 3.63) is 35.4 Å². The van der Waals surface area contributed by atoms with Crippen LogP contribution >= 0.6 is 0 Å². The van der Waals surface area contributed by atoms with E-state index >= 15 is 0 Å². The van der Waals surface area contributed by atoms with Crippen LogP contribution in [-0.2, 0) is 11.8 Å². The van der Waals surface area contributed by atoms with Crippen molar-refractivity contribution in [1.29, 1.82) is 0 Å². The van der Waals surface area contributed by atoms with Crippen molar-refractivity contribution in [3.63, 3.8) is 0 Å². The van der Waals surface area contributed by atoms with E-state index in [0.29, 0.717) is 5.41 Å². The summed E-state index contributed by atoms with van der Waals surface area (Å²) >= 11 is 0. The van der Waals surface area contributed by atoms with E-state index in [9.17, 15) is 0 Å². The van der Waals surface area contributed by atoms with Gasteiger partial charge >= 0.3 is 0 Å². The highest BCUT2D eigenvalue weighted by Gasteiger charge is 2.31. The zero-order chi connectivity index (χ0) is 12.3. The lowest BCUT2D eigenvalue weighted by molar-refractivity contribution is 0.236. The average molecular weight is 230 g/mol. The standard InChI is InChI=1S/C17H26/c1-4-14-9-8-12-16(13-14)17(2,3)15-10-6-5-7-11-15/h8-9,12-13,15H,4-7,10-11H2,1-3H3. The van der Waals surface area contributed by atoms with E-state index in [1.807, 2.05) is 0 Å². The lowest BCUT2D eigenvalue weighted by atomic mass is 9.67. The van der Waals surface area contributed by atoms with Crippen LogP contribution in [0, 0.1) is 5.92 Å². The fourth-order valence-electron chi connectivity index (χ4n) is 3.25. The second-order valence-corrected chi connectivity index (χ2v) is 6.11. The largest absolute Gasteiger partial charge is 0.0617 e. The van der Waals surface area contributed by atoms with Crippen LogP contribution in [0.5, 0.6) is 0 Å². The number of benzene rings is 1. The van der Waals surface area contributed by atoms with E-state index in [2.05, 4.69) is 45.0 Å². The monoisotopic (exact) mass is 230 g/mol. The summed E-state index contributed by atoms with van der Waals surface area (Å²) in [7, 11) is 0. The molecule has 94 valence electrons. The van der Waals surface area contributed by atoms with Gasteiger partial charge in [0.1, 0.15) is 0 Å². The first-order chi connectivity index (χ1) is 8.14. The van der Waals surface area contributed by atoms with Gasteiger partial charge in [-0.05, 0) is 41.7 Å². The maximum Gasteiger partial charge on any atom is -0.00752 e. The Morgan fingerprint density at radius 3 is 2.47 bits per heavy atom. The van der Waals surface area contributed by atoms with Gasteiger partial charge in [-0.2, -0.15) is 0 Å². The zero-order valence-corrected chi connectivity index (χ0v) is 11.6. The molecule has 0 saturated heterocycles. The molecule has 1 saturated carbocycles. The van der Waals surface area contributed by atoms with E-state index in [1.54, 1.807) is 5.56 Å². The Morgan fingerprint density at radius 1 is 1.12 bits per heavy atom. The van der Waals surface area contributed by atoms with Crippen LogP contribution in [0.25, 0.3) is 0 Å². The molecule has 1 fully saturated rings. The van der Waals surface area contributed by atoms with Crippen molar-refractivity contribution in [2.24, 2.45) is 5.92 Å². The van der Waals surface area contributed by atoms with Crippen molar-refractivity contribution < 1.29 is 0 Å². The smallest absolute Gasteiger partial charge is 0.00752 e. The maximum absolute atomic E-state index is 2.44. The molecule has 1 aliphatic carbocycles. The molecule has 0 amide bonds. The lowest BCUT2D eigenvalue weighted by Crippen LogP contribution is -2.30. The highest BCUT2D eigenvalue weighted by molar-refractivity contribution is 5.30. The second kappa shape index (κ2) is 5.25. The van der Waals surface area contributed by atoms with E-state index in [1.165, 1.54) is 37.7 Å². The van der Waals surface area contributed by atoms with E-state index in [-0.39, 0.29) is 0 Å². The summed E-state index contributed by atoms with van der Waals surface area (Å²) in [6, 6.07) is 9.24. The van der Waals surface area contributed by atoms with Crippen LogP contribution in [0.1, 0.15) is 64.0 Å². The molecule has 0 radical (unpaired) electrons. The molecule has 0 unspecified atom stereocenters. The molecule has 0 heteroatoms. The first kappa shape index (κ1) is 12.7. The fraction of sp³-hybridized carbons (Fsp3) is 0.647. The van der Waals surface area contributed by atoms with Crippen LogP contribution in [0.4, 0.5) is 0 Å². The Bertz CT molecular complexity index is 356. The third kappa shape index (κ3) is 2.73. The average Bonchev–Trinajstić information content (AvgIpc) is 2.40. The van der Waals surface area contributed by atoms with Gasteiger partial charge in [-0.3, -0.25) is 0 Å². The number of hydrogen-bond acceptors (Lipinski definition) is 0. The van der Waals surface area contributed by atoms with Crippen LogP contribution in [0.3, 0.4) is 0 Å². The number of rotatable bonds is 3. The van der Waals surface area contributed by atoms with Gasteiger partial charge in [0.05, 0.1) is 0 Å². The predicted octanol–water partition coefficient (Wildman–Crippen LogP) is 5.11. The Balaban J connectivity index is 2.22. The third-order valence-electron chi connectivity index (χ3n) is 4.71. The molecule has 0 heterocycles. The number of aryl methyl sites for hydroxylation is 1. The van der Waals surface area contributed by atoms with Gasteiger partial charge in [0.25, 0.3) is 0 Å². The third-order valence-corrected chi connectivity index (χ3v) is 4.71. The summed E-state index contributed by atoms with van der Waals surface area (Å²) < 4.78 is 0. The second-order valence-electron chi connectivity index (χ2n) is 6.11. The van der Waals surface area contributed by atoms with Gasteiger partial charge in [-0.25, -0.2) is 0 Å². The summed E-state index contributed by atoms with van der Waals surface area (Å²) in [4.78, 5) is 0. The normalized spacial score (nSPS) is 18.3. The quantitative estimate of drug-likeness (QED) is 0.677. The number of hydrogen-bond donors (Lipinski definition) is 0. The van der Waals surface area contributed by atoms with E-state index in [4.69, 9.17) is 0 Å². The SMILES string of the molecule is CCc1cccc(C(C)(C)C2CCCCC2)c1. The fourth-order valence-corrected chi connectivity index (χ4v) is 3.25. The summed E-state index contributed by atoms with van der Waals surface area (Å²) in [5.41, 5.74) is 3.38. The topological polar surface area (TPSA) is 0 Å². The molecule has 0 bridgehead atoms. The molecule has 1 aliphatic rings. The highest BCUT2D eigenvalue weighted by atomic mass is 14.4. The molecule has 1 aromatic rings. The van der Waals surface area contributed by atoms with Crippen molar-refractivity contribution >= 4 is 0 Å². The molecule has 0 spiro atoms. The zero-order valence-electron chi connectivity index (χ0n) is 11.6. The van der Waals surface area contributed by atoms with Gasteiger partial charge in [-0.1, -0.05) is 64.3 Å². The van der Waals surface area contributed by atoms with Crippen molar-refractivity contribution in [1.82, 2.24) is 0 Å². The minimum absolute atomic E-state index is 0.353. The molecule has 2 rings (SSSR count). The van der Waals surface area contributed by atoms with Gasteiger partial charge in [0.15, 0.2) is 0 Å². The van der Waals surface area contributed by atoms with Gasteiger partial charge < -0.3 is 0 Å². The van der Waals surface area contributed by atoms with Crippen LogP contribution in [0.2, 0.25) is 0 Å². The maximum atomic E-state index is 2.44. The van der Waals surface area contributed by atoms with E-state index < -0.39 is 0 Å². The van der Waals surface area contributed by atoms with Gasteiger partial charge in [0, 0.05) is 0 Å². The molecule has 0 aliphatic heterocycles. The summed E-state index contributed by atoms with van der Waals surface area (Å²) in [6.45, 7) is 7.13. The molecule has 0 nitrogen and oxygen atoms in total. The lowest BCUT2D eigenvalue weighted by Gasteiger charge is -2.37. The first-order valence-electron chi connectivity index (χ1n) is 7.24. The predicted molar refractivity (Wildman–Crippen MR) is 75.4 cm³/mol. The Morgan fingerprint density at radius 2 is 1.82 bits per heavy atom. The molecule has 17 heavy (non-hydrogen) atoms. The molecule has 0 atom stereocenters. The minimum atomic E-state index is 0.353. The minimum Gasteiger partial charge on any atom is -0.0617 e. The summed E-state index contributed by atoms with van der Waals surface area (Å²) in [5.74, 6) is 0.878.